The van der Waals surface area contributed by atoms with Gasteiger partial charge in [0, 0.05) is 6.20 Å². The number of carbonyl (C=O) groups excluding carboxylic acids is 2. The van der Waals surface area contributed by atoms with Crippen molar-refractivity contribution in [3.63, 3.8) is 0 Å². The maximum atomic E-state index is 13.9. The predicted molar refractivity (Wildman–Crippen MR) is 99.4 cm³/mol. The standard InChI is InChI=1S/C20H14F2N4O3/c21-13-6-3-7-14(22)16(13)25-20(28)18-24-17(15-8-1-2-9-26(15)18)19(27)23-11-12-5-4-10-29-12/h1-10H,11H2,(H,23,27)(H,25,28). The number of aromatic nitrogens is 2. The number of halogens is 2. The van der Waals surface area contributed by atoms with Crippen LogP contribution in [0.15, 0.2) is 65.4 Å². The molecule has 0 saturated heterocycles. The van der Waals surface area contributed by atoms with Gasteiger partial charge in [0.2, 0.25) is 5.82 Å². The molecule has 3 heterocycles. The van der Waals surface area contributed by atoms with Gasteiger partial charge < -0.3 is 15.1 Å². The van der Waals surface area contributed by atoms with Crippen LogP contribution in [-0.2, 0) is 6.54 Å². The Morgan fingerprint density at radius 3 is 2.52 bits per heavy atom. The summed E-state index contributed by atoms with van der Waals surface area (Å²) in [4.78, 5) is 29.3. The van der Waals surface area contributed by atoms with E-state index in [1.807, 2.05) is 0 Å². The number of para-hydroxylation sites is 1. The lowest BCUT2D eigenvalue weighted by atomic mass is 10.3. The first-order valence-corrected chi connectivity index (χ1v) is 8.57. The molecule has 7 nitrogen and oxygen atoms in total. The number of anilines is 1. The Morgan fingerprint density at radius 1 is 1.00 bits per heavy atom. The van der Waals surface area contributed by atoms with Crippen molar-refractivity contribution in [1.29, 1.82) is 0 Å². The third-order valence-corrected chi connectivity index (χ3v) is 4.17. The van der Waals surface area contributed by atoms with Gasteiger partial charge in [-0.05, 0) is 36.4 Å². The molecule has 9 heteroatoms. The first kappa shape index (κ1) is 18.4. The summed E-state index contributed by atoms with van der Waals surface area (Å²) in [6.45, 7) is 0.139. The molecule has 146 valence electrons. The second kappa shape index (κ2) is 7.55. The van der Waals surface area contributed by atoms with Gasteiger partial charge in [-0.25, -0.2) is 13.8 Å². The molecule has 0 aliphatic rings. The van der Waals surface area contributed by atoms with Crippen LogP contribution in [0.3, 0.4) is 0 Å². The van der Waals surface area contributed by atoms with Crippen molar-refractivity contribution < 1.29 is 22.8 Å². The fraction of sp³-hybridized carbons (Fsp3) is 0.0500. The van der Waals surface area contributed by atoms with Gasteiger partial charge in [0.1, 0.15) is 23.1 Å². The number of imidazole rings is 1. The molecule has 0 aliphatic carbocycles. The van der Waals surface area contributed by atoms with Crippen LogP contribution in [0.2, 0.25) is 0 Å². The van der Waals surface area contributed by atoms with Crippen LogP contribution in [0.25, 0.3) is 5.52 Å². The average molecular weight is 396 g/mol. The van der Waals surface area contributed by atoms with Crippen molar-refractivity contribution in [2.45, 2.75) is 6.54 Å². The molecule has 0 atom stereocenters. The van der Waals surface area contributed by atoms with E-state index in [2.05, 4.69) is 15.6 Å². The van der Waals surface area contributed by atoms with Crippen LogP contribution >= 0.6 is 0 Å². The minimum Gasteiger partial charge on any atom is -0.467 e. The Kier molecular flexibility index (Phi) is 4.78. The summed E-state index contributed by atoms with van der Waals surface area (Å²) in [5.41, 5.74) is -0.228. The molecular formula is C20H14F2N4O3. The molecule has 2 amide bonds. The molecule has 0 aliphatic heterocycles. The molecule has 0 saturated carbocycles. The van der Waals surface area contributed by atoms with Crippen molar-refractivity contribution >= 4 is 23.0 Å². The van der Waals surface area contributed by atoms with Gasteiger partial charge >= 0.3 is 0 Å². The van der Waals surface area contributed by atoms with Crippen LogP contribution in [0, 0.1) is 11.6 Å². The smallest absolute Gasteiger partial charge is 0.292 e. The Balaban J connectivity index is 1.65. The van der Waals surface area contributed by atoms with Crippen molar-refractivity contribution in [3.8, 4) is 0 Å². The van der Waals surface area contributed by atoms with Crippen molar-refractivity contribution in [1.82, 2.24) is 14.7 Å². The second-order valence-corrected chi connectivity index (χ2v) is 6.05. The first-order chi connectivity index (χ1) is 14.0. The highest BCUT2D eigenvalue weighted by atomic mass is 19.1. The van der Waals surface area contributed by atoms with E-state index < -0.39 is 29.1 Å². The predicted octanol–water partition coefficient (Wildman–Crippen LogP) is 3.39. The van der Waals surface area contributed by atoms with E-state index in [9.17, 15) is 18.4 Å². The number of fused-ring (bicyclic) bond motifs is 1. The molecule has 0 fully saturated rings. The number of nitrogens with zero attached hydrogens (tertiary/aromatic N) is 2. The molecule has 3 aromatic heterocycles. The summed E-state index contributed by atoms with van der Waals surface area (Å²) in [6.07, 6.45) is 3.01. The summed E-state index contributed by atoms with van der Waals surface area (Å²) in [7, 11) is 0. The highest BCUT2D eigenvalue weighted by molar-refractivity contribution is 6.06. The Morgan fingerprint density at radius 2 is 1.79 bits per heavy atom. The Bertz CT molecular complexity index is 1180. The minimum absolute atomic E-state index is 0.00342. The van der Waals surface area contributed by atoms with E-state index in [0.29, 0.717) is 11.3 Å². The molecule has 4 rings (SSSR count). The van der Waals surface area contributed by atoms with Crippen LogP contribution in [0.1, 0.15) is 26.9 Å². The lowest BCUT2D eigenvalue weighted by Crippen LogP contribution is -2.23. The van der Waals surface area contributed by atoms with E-state index >= 15 is 0 Å². The quantitative estimate of drug-likeness (QED) is 0.541. The van der Waals surface area contributed by atoms with Crippen LogP contribution in [0.5, 0.6) is 0 Å². The van der Waals surface area contributed by atoms with Gasteiger partial charge in [-0.2, -0.15) is 0 Å². The maximum absolute atomic E-state index is 13.9. The number of nitrogens with one attached hydrogen (secondary N) is 2. The molecule has 0 bridgehead atoms. The van der Waals surface area contributed by atoms with E-state index in [-0.39, 0.29) is 18.1 Å². The maximum Gasteiger partial charge on any atom is 0.292 e. The first-order valence-electron chi connectivity index (χ1n) is 8.57. The highest BCUT2D eigenvalue weighted by Crippen LogP contribution is 2.20. The molecule has 0 unspecified atom stereocenters. The van der Waals surface area contributed by atoms with Gasteiger partial charge in [-0.1, -0.05) is 12.1 Å². The number of hydrogen-bond donors (Lipinski definition) is 2. The highest BCUT2D eigenvalue weighted by Gasteiger charge is 2.23. The molecule has 1 aromatic carbocycles. The topological polar surface area (TPSA) is 88.6 Å². The SMILES string of the molecule is O=C(NCc1ccco1)c1nc(C(=O)Nc2c(F)cccc2F)n2ccccc12. The van der Waals surface area contributed by atoms with Crippen LogP contribution in [-0.4, -0.2) is 21.2 Å². The summed E-state index contributed by atoms with van der Waals surface area (Å²) in [5, 5.41) is 4.83. The third-order valence-electron chi connectivity index (χ3n) is 4.17. The van der Waals surface area contributed by atoms with Gasteiger partial charge in [0.05, 0.1) is 18.3 Å². The summed E-state index contributed by atoms with van der Waals surface area (Å²) >= 11 is 0. The molecular weight excluding hydrogens is 382 g/mol. The largest absolute Gasteiger partial charge is 0.467 e. The zero-order chi connectivity index (χ0) is 20.4. The Hall–Kier alpha value is -4.01. The van der Waals surface area contributed by atoms with Crippen LogP contribution < -0.4 is 10.6 Å². The molecule has 4 aromatic rings. The van der Waals surface area contributed by atoms with E-state index in [4.69, 9.17) is 4.42 Å². The van der Waals surface area contributed by atoms with Crippen molar-refractivity contribution in [2.24, 2.45) is 0 Å². The normalized spacial score (nSPS) is 10.8. The third kappa shape index (κ3) is 3.57. The zero-order valence-electron chi connectivity index (χ0n) is 14.9. The average Bonchev–Trinajstić information content (AvgIpc) is 3.37. The van der Waals surface area contributed by atoms with E-state index in [0.717, 1.165) is 12.1 Å². The summed E-state index contributed by atoms with van der Waals surface area (Å²) < 4.78 is 34.2. The number of carbonyl (C=O) groups is 2. The lowest BCUT2D eigenvalue weighted by molar-refractivity contribution is 0.0945. The van der Waals surface area contributed by atoms with Crippen LogP contribution in [0.4, 0.5) is 14.5 Å². The fourth-order valence-electron chi connectivity index (χ4n) is 2.82. The van der Waals surface area contributed by atoms with Gasteiger partial charge in [-0.15, -0.1) is 0 Å². The lowest BCUT2D eigenvalue weighted by Gasteiger charge is -2.06. The van der Waals surface area contributed by atoms with E-state index in [1.54, 1.807) is 30.3 Å². The van der Waals surface area contributed by atoms with Gasteiger partial charge in [0.15, 0.2) is 5.69 Å². The van der Waals surface area contributed by atoms with Gasteiger partial charge in [-0.3, -0.25) is 14.0 Å². The molecule has 2 N–H and O–H groups in total. The fourth-order valence-corrected chi connectivity index (χ4v) is 2.82. The summed E-state index contributed by atoms with van der Waals surface area (Å²) in [5.74, 6) is -2.87. The molecule has 29 heavy (non-hydrogen) atoms. The number of benzene rings is 1. The number of amides is 2. The number of furan rings is 1. The molecule has 0 radical (unpaired) electrons. The number of hydrogen-bond acceptors (Lipinski definition) is 4. The number of pyridine rings is 1. The van der Waals surface area contributed by atoms with Gasteiger partial charge in [0.25, 0.3) is 11.8 Å². The molecule has 0 spiro atoms. The second-order valence-electron chi connectivity index (χ2n) is 6.05. The minimum atomic E-state index is -0.921. The van der Waals surface area contributed by atoms with E-state index in [1.165, 1.54) is 22.9 Å². The monoisotopic (exact) mass is 396 g/mol. The number of rotatable bonds is 5. The van der Waals surface area contributed by atoms with Crippen molar-refractivity contribution in [3.05, 3.63) is 89.9 Å². The Labute approximate surface area is 163 Å². The zero-order valence-corrected chi connectivity index (χ0v) is 14.9. The van der Waals surface area contributed by atoms with Crippen molar-refractivity contribution in [2.75, 3.05) is 5.32 Å². The summed E-state index contributed by atoms with van der Waals surface area (Å²) in [6, 6.07) is 11.6.